The van der Waals surface area contributed by atoms with Gasteiger partial charge in [0.25, 0.3) is 10.0 Å². The number of rotatable bonds is 8. The van der Waals surface area contributed by atoms with Crippen LogP contribution in [-0.2, 0) is 14.8 Å². The average molecular weight is 532 g/mol. The van der Waals surface area contributed by atoms with E-state index in [9.17, 15) is 27.1 Å². The Labute approximate surface area is 210 Å². The minimum absolute atomic E-state index is 0.0379. The molecule has 0 radical (unpaired) electrons. The van der Waals surface area contributed by atoms with E-state index in [1.54, 1.807) is 32.0 Å². The quantitative estimate of drug-likeness (QED) is 0.308. The van der Waals surface area contributed by atoms with E-state index >= 15 is 0 Å². The van der Waals surface area contributed by atoms with Gasteiger partial charge in [-0.1, -0.05) is 19.9 Å². The van der Waals surface area contributed by atoms with Crippen LogP contribution in [0.1, 0.15) is 19.9 Å². The monoisotopic (exact) mass is 531 g/mol. The predicted molar refractivity (Wildman–Crippen MR) is 133 cm³/mol. The number of carboxylic acids is 1. The van der Waals surface area contributed by atoms with Crippen LogP contribution in [0.25, 0.3) is 22.2 Å². The van der Waals surface area contributed by atoms with Gasteiger partial charge < -0.3 is 15.6 Å². The highest BCUT2D eigenvalue weighted by Crippen LogP contribution is 2.34. The molecule has 10 nitrogen and oxygen atoms in total. The fourth-order valence-corrected chi connectivity index (χ4v) is 5.12. The number of benzene rings is 2. The van der Waals surface area contributed by atoms with Gasteiger partial charge >= 0.3 is 5.97 Å². The van der Waals surface area contributed by atoms with Crippen LogP contribution in [-0.4, -0.2) is 41.1 Å². The molecule has 13 heteroatoms. The second-order valence-electron chi connectivity index (χ2n) is 8.53. The average Bonchev–Trinajstić information content (AvgIpc) is 3.13. The zero-order chi connectivity index (χ0) is 27.1. The summed E-state index contributed by atoms with van der Waals surface area (Å²) in [6.45, 7) is 3.51. The molecule has 2 aromatic carbocycles. The first kappa shape index (κ1) is 25.8. The summed E-state index contributed by atoms with van der Waals surface area (Å²) < 4.78 is 61.9. The van der Waals surface area contributed by atoms with Crippen LogP contribution in [0.4, 0.5) is 20.4 Å². The third-order valence-electron chi connectivity index (χ3n) is 5.69. The fraction of sp³-hybridized carbons (Fsp3) is 0.208. The lowest BCUT2D eigenvalue weighted by Gasteiger charge is -2.20. The van der Waals surface area contributed by atoms with Crippen molar-refractivity contribution in [3.8, 4) is 17.0 Å². The number of methoxy groups -OCH3 is 1. The van der Waals surface area contributed by atoms with Gasteiger partial charge in [-0.05, 0) is 41.8 Å². The molecule has 4 N–H and O–H groups in total. The highest BCUT2D eigenvalue weighted by atomic mass is 32.2. The maximum absolute atomic E-state index is 14.2. The minimum Gasteiger partial charge on any atom is -0.480 e. The van der Waals surface area contributed by atoms with Crippen molar-refractivity contribution in [3.05, 3.63) is 60.3 Å². The number of nitrogens with one attached hydrogen (secondary N) is 1. The summed E-state index contributed by atoms with van der Waals surface area (Å²) in [6, 6.07) is 7.56. The molecule has 0 amide bonds. The topological polar surface area (TPSA) is 149 Å². The van der Waals surface area contributed by atoms with E-state index in [1.165, 1.54) is 23.9 Å². The Morgan fingerprint density at radius 1 is 1.14 bits per heavy atom. The third-order valence-corrected chi connectivity index (χ3v) is 7.08. The van der Waals surface area contributed by atoms with Crippen LogP contribution in [0.5, 0.6) is 5.88 Å². The number of nitrogens with two attached hydrogens (primary N) is 1. The van der Waals surface area contributed by atoms with Crippen LogP contribution in [0.3, 0.4) is 0 Å². The van der Waals surface area contributed by atoms with Crippen LogP contribution in [0.15, 0.2) is 53.6 Å². The summed E-state index contributed by atoms with van der Waals surface area (Å²) in [5.41, 5.74) is 7.88. The van der Waals surface area contributed by atoms with Crippen molar-refractivity contribution in [2.75, 3.05) is 17.6 Å². The Balaban J connectivity index is 1.80. The number of anilines is 2. The van der Waals surface area contributed by atoms with Crippen molar-refractivity contribution >= 4 is 38.7 Å². The van der Waals surface area contributed by atoms with Gasteiger partial charge in [-0.2, -0.15) is 0 Å². The number of nitrogen functional groups attached to an aromatic ring is 1. The van der Waals surface area contributed by atoms with Gasteiger partial charge in [0.2, 0.25) is 11.8 Å². The van der Waals surface area contributed by atoms with Gasteiger partial charge in [-0.3, -0.25) is 9.29 Å². The van der Waals surface area contributed by atoms with Gasteiger partial charge in [0, 0.05) is 17.8 Å². The Kier molecular flexibility index (Phi) is 6.74. The number of sulfonamides is 1. The van der Waals surface area contributed by atoms with Gasteiger partial charge in [0.1, 0.15) is 28.3 Å². The maximum Gasteiger partial charge on any atom is 0.327 e. The molecule has 2 aromatic heterocycles. The van der Waals surface area contributed by atoms with Crippen LogP contribution in [0.2, 0.25) is 0 Å². The Bertz CT molecular complexity index is 1620. The standard InChI is InChI=1S/C24H23F2N5O5S/c1-12(2)21(23(32)33)31-19-9-13(4-6-17(19)29-24(31)27)14-8-18(22(36-3)28-11-14)30-37(34,35)20-7-5-15(25)10-16(20)26/h4-12,21,30H,1-3H3,(H2,27,29)(H,32,33)/t21-/m0/s1. The van der Waals surface area contributed by atoms with E-state index in [4.69, 9.17) is 10.5 Å². The van der Waals surface area contributed by atoms with E-state index in [2.05, 4.69) is 14.7 Å². The molecule has 2 heterocycles. The highest BCUT2D eigenvalue weighted by molar-refractivity contribution is 7.92. The maximum atomic E-state index is 14.2. The van der Waals surface area contributed by atoms with E-state index in [-0.39, 0.29) is 23.4 Å². The van der Waals surface area contributed by atoms with Crippen molar-refractivity contribution in [2.45, 2.75) is 24.8 Å². The number of aromatic nitrogens is 3. The van der Waals surface area contributed by atoms with E-state index in [0.717, 1.165) is 12.1 Å². The first-order valence-corrected chi connectivity index (χ1v) is 12.4. The van der Waals surface area contributed by atoms with Crippen LogP contribution in [0, 0.1) is 17.6 Å². The van der Waals surface area contributed by atoms with Crippen molar-refractivity contribution in [3.63, 3.8) is 0 Å². The summed E-state index contributed by atoms with van der Waals surface area (Å²) in [7, 11) is -3.19. The second-order valence-corrected chi connectivity index (χ2v) is 10.2. The normalized spacial score (nSPS) is 12.6. The summed E-state index contributed by atoms with van der Waals surface area (Å²) in [6.07, 6.45) is 1.43. The molecule has 0 unspecified atom stereocenters. The Morgan fingerprint density at radius 3 is 2.49 bits per heavy atom. The SMILES string of the molecule is COc1ncc(-c2ccc3nc(N)n([C@H](C(=O)O)C(C)C)c3c2)cc1NS(=O)(=O)c1ccc(F)cc1F. The number of pyridine rings is 1. The van der Waals surface area contributed by atoms with Crippen molar-refractivity contribution < 1.29 is 31.8 Å². The number of hydrogen-bond acceptors (Lipinski definition) is 7. The summed E-state index contributed by atoms with van der Waals surface area (Å²) >= 11 is 0. The molecule has 4 rings (SSSR count). The molecule has 0 aliphatic rings. The van der Waals surface area contributed by atoms with Gasteiger partial charge in [-0.25, -0.2) is 32.0 Å². The van der Waals surface area contributed by atoms with Crippen molar-refractivity contribution in [2.24, 2.45) is 5.92 Å². The molecule has 0 aliphatic heterocycles. The zero-order valence-electron chi connectivity index (χ0n) is 19.9. The second kappa shape index (κ2) is 9.65. The molecule has 4 aromatic rings. The molecule has 0 bridgehead atoms. The lowest BCUT2D eigenvalue weighted by molar-refractivity contribution is -0.142. The summed E-state index contributed by atoms with van der Waals surface area (Å²) in [5, 5.41) is 9.78. The van der Waals surface area contributed by atoms with Crippen LogP contribution < -0.4 is 15.2 Å². The lowest BCUT2D eigenvalue weighted by Crippen LogP contribution is -2.25. The van der Waals surface area contributed by atoms with Gasteiger partial charge in [0.05, 0.1) is 18.1 Å². The number of carbonyl (C=O) groups is 1. The first-order chi connectivity index (χ1) is 17.4. The molecule has 0 saturated carbocycles. The lowest BCUT2D eigenvalue weighted by atomic mass is 10.0. The summed E-state index contributed by atoms with van der Waals surface area (Å²) in [5.74, 6) is -3.59. The smallest absolute Gasteiger partial charge is 0.327 e. The molecule has 1 atom stereocenters. The highest BCUT2D eigenvalue weighted by Gasteiger charge is 2.28. The van der Waals surface area contributed by atoms with Gasteiger partial charge in [0.15, 0.2) is 0 Å². The van der Waals surface area contributed by atoms with E-state index < -0.39 is 38.6 Å². The van der Waals surface area contributed by atoms with Crippen LogP contribution >= 0.6 is 0 Å². The number of hydrogen-bond donors (Lipinski definition) is 3. The molecule has 37 heavy (non-hydrogen) atoms. The number of halogens is 2. The van der Waals surface area contributed by atoms with Crippen molar-refractivity contribution in [1.82, 2.24) is 14.5 Å². The molecule has 0 fully saturated rings. The number of carboxylic acid groups (broad SMARTS) is 1. The molecular weight excluding hydrogens is 508 g/mol. The Morgan fingerprint density at radius 2 is 1.86 bits per heavy atom. The fourth-order valence-electron chi connectivity index (χ4n) is 4.02. The molecule has 194 valence electrons. The molecule has 0 saturated heterocycles. The molecule has 0 aliphatic carbocycles. The minimum atomic E-state index is -4.47. The number of fused-ring (bicyclic) bond motifs is 1. The number of imidazole rings is 1. The van der Waals surface area contributed by atoms with Crippen molar-refractivity contribution in [1.29, 1.82) is 0 Å². The number of nitrogens with zero attached hydrogens (tertiary/aromatic N) is 3. The number of ether oxygens (including phenoxy) is 1. The summed E-state index contributed by atoms with van der Waals surface area (Å²) in [4.78, 5) is 19.6. The van der Waals surface area contributed by atoms with Gasteiger partial charge in [-0.15, -0.1) is 0 Å². The number of aliphatic carboxylic acids is 1. The molecule has 0 spiro atoms. The largest absolute Gasteiger partial charge is 0.480 e. The predicted octanol–water partition coefficient (Wildman–Crippen LogP) is 4.05. The molecular formula is C24H23F2N5O5S. The van der Waals surface area contributed by atoms with E-state index in [1.807, 2.05) is 0 Å². The zero-order valence-corrected chi connectivity index (χ0v) is 20.8. The first-order valence-electron chi connectivity index (χ1n) is 11.0. The Hall–Kier alpha value is -4.26. The third kappa shape index (κ3) is 4.89. The van der Waals surface area contributed by atoms with E-state index in [0.29, 0.717) is 28.2 Å².